The van der Waals surface area contributed by atoms with E-state index in [2.05, 4.69) is 10.6 Å². The van der Waals surface area contributed by atoms with Crippen LogP contribution in [-0.2, 0) is 14.3 Å². The summed E-state index contributed by atoms with van der Waals surface area (Å²) in [4.78, 5) is 24.0. The fraction of sp³-hybridized carbons (Fsp3) is 0.875. The van der Waals surface area contributed by atoms with Crippen molar-refractivity contribution in [2.24, 2.45) is 5.92 Å². The Morgan fingerprint density at radius 2 is 1.76 bits per heavy atom. The molecule has 2 unspecified atom stereocenters. The lowest BCUT2D eigenvalue weighted by atomic mass is 9.95. The molecule has 0 aromatic rings. The van der Waals surface area contributed by atoms with E-state index in [-0.39, 0.29) is 17.9 Å². The molecule has 0 aliphatic heterocycles. The smallest absolute Gasteiger partial charge is 0.322 e. The van der Waals surface area contributed by atoms with Crippen molar-refractivity contribution in [3.05, 3.63) is 0 Å². The van der Waals surface area contributed by atoms with Gasteiger partial charge in [0.05, 0.1) is 13.2 Å². The number of nitrogens with one attached hydrogen (secondary N) is 2. The van der Waals surface area contributed by atoms with E-state index in [9.17, 15) is 9.59 Å². The van der Waals surface area contributed by atoms with Crippen LogP contribution in [-0.4, -0.2) is 37.1 Å². The maximum Gasteiger partial charge on any atom is 0.322 e. The summed E-state index contributed by atoms with van der Waals surface area (Å²) < 4.78 is 4.81. The van der Waals surface area contributed by atoms with Crippen molar-refractivity contribution in [2.75, 3.05) is 7.11 Å². The minimum atomic E-state index is -0.429. The Labute approximate surface area is 128 Å². The number of methoxy groups -OCH3 is 1. The van der Waals surface area contributed by atoms with Gasteiger partial charge in [-0.1, -0.05) is 33.1 Å². The lowest BCUT2D eigenvalue weighted by molar-refractivity contribution is -0.144. The number of amides is 1. The second-order valence-corrected chi connectivity index (χ2v) is 6.44. The van der Waals surface area contributed by atoms with Crippen LogP contribution >= 0.6 is 0 Å². The van der Waals surface area contributed by atoms with Gasteiger partial charge in [0.15, 0.2) is 0 Å². The summed E-state index contributed by atoms with van der Waals surface area (Å²) in [5.74, 6) is 0.0239. The van der Waals surface area contributed by atoms with Crippen molar-refractivity contribution in [3.8, 4) is 0 Å². The molecule has 0 saturated heterocycles. The molecule has 0 spiro atoms. The molecule has 2 N–H and O–H groups in total. The minimum Gasteiger partial charge on any atom is -0.468 e. The third-order valence-electron chi connectivity index (χ3n) is 3.99. The molecule has 0 heterocycles. The molecule has 1 fully saturated rings. The Morgan fingerprint density at radius 1 is 1.14 bits per heavy atom. The van der Waals surface area contributed by atoms with Gasteiger partial charge in [0, 0.05) is 6.04 Å². The maximum absolute atomic E-state index is 12.2. The number of carbonyl (C=O) groups is 2. The first kappa shape index (κ1) is 18.0. The van der Waals surface area contributed by atoms with Gasteiger partial charge in [0.1, 0.15) is 6.04 Å². The van der Waals surface area contributed by atoms with E-state index in [4.69, 9.17) is 4.74 Å². The van der Waals surface area contributed by atoms with Crippen LogP contribution in [0.1, 0.15) is 59.3 Å². The van der Waals surface area contributed by atoms with Crippen LogP contribution < -0.4 is 10.6 Å². The van der Waals surface area contributed by atoms with Gasteiger partial charge < -0.3 is 10.1 Å². The van der Waals surface area contributed by atoms with E-state index in [1.165, 1.54) is 26.4 Å². The number of hydrogen-bond donors (Lipinski definition) is 2. The zero-order valence-corrected chi connectivity index (χ0v) is 13.8. The van der Waals surface area contributed by atoms with Gasteiger partial charge in [-0.15, -0.1) is 0 Å². The second-order valence-electron chi connectivity index (χ2n) is 6.44. The van der Waals surface area contributed by atoms with Crippen molar-refractivity contribution in [1.82, 2.24) is 10.6 Å². The number of carbonyl (C=O) groups excluding carboxylic acids is 2. The first-order valence-electron chi connectivity index (χ1n) is 8.08. The summed E-state index contributed by atoms with van der Waals surface area (Å²) in [5.41, 5.74) is 0. The molecule has 2 atom stereocenters. The second kappa shape index (κ2) is 9.03. The van der Waals surface area contributed by atoms with Crippen LogP contribution in [0.4, 0.5) is 0 Å². The van der Waals surface area contributed by atoms with Crippen molar-refractivity contribution >= 4 is 11.9 Å². The number of rotatable bonds is 7. The van der Waals surface area contributed by atoms with Crippen LogP contribution in [0.3, 0.4) is 0 Å². The predicted octanol–water partition coefficient (Wildman–Crippen LogP) is 2.00. The molecule has 122 valence electrons. The highest BCUT2D eigenvalue weighted by Gasteiger charge is 2.26. The van der Waals surface area contributed by atoms with Gasteiger partial charge in [-0.05, 0) is 32.1 Å². The monoisotopic (exact) mass is 298 g/mol. The van der Waals surface area contributed by atoms with Crippen LogP contribution in [0.15, 0.2) is 0 Å². The van der Waals surface area contributed by atoms with E-state index >= 15 is 0 Å². The van der Waals surface area contributed by atoms with Crippen molar-refractivity contribution < 1.29 is 14.3 Å². The molecule has 1 saturated carbocycles. The Hall–Kier alpha value is -1.10. The van der Waals surface area contributed by atoms with Crippen molar-refractivity contribution in [3.63, 3.8) is 0 Å². The Morgan fingerprint density at radius 3 is 2.29 bits per heavy atom. The standard InChI is InChI=1S/C16H30N2O3/c1-11(2)10-14(16(20)21-4)17-12(3)15(19)18-13-8-6-5-7-9-13/h11-14,17H,5-10H2,1-4H3,(H,18,19). The summed E-state index contributed by atoms with van der Waals surface area (Å²) in [7, 11) is 1.38. The fourth-order valence-electron chi connectivity index (χ4n) is 2.80. The van der Waals surface area contributed by atoms with Gasteiger partial charge >= 0.3 is 5.97 Å². The summed E-state index contributed by atoms with van der Waals surface area (Å²) in [6.45, 7) is 5.89. The molecular formula is C16H30N2O3. The van der Waals surface area contributed by atoms with Crippen LogP contribution in [0, 0.1) is 5.92 Å². The Bertz CT molecular complexity index is 338. The Kier molecular flexibility index (Phi) is 7.72. The molecule has 1 amide bonds. The molecule has 21 heavy (non-hydrogen) atoms. The van der Waals surface area contributed by atoms with Gasteiger partial charge in [0.25, 0.3) is 0 Å². The molecule has 0 bridgehead atoms. The summed E-state index contributed by atoms with van der Waals surface area (Å²) >= 11 is 0. The zero-order chi connectivity index (χ0) is 15.8. The molecule has 0 radical (unpaired) electrons. The lowest BCUT2D eigenvalue weighted by Crippen LogP contribution is -2.52. The van der Waals surface area contributed by atoms with Crippen molar-refractivity contribution in [2.45, 2.75) is 77.4 Å². The highest BCUT2D eigenvalue weighted by Crippen LogP contribution is 2.17. The predicted molar refractivity (Wildman–Crippen MR) is 82.9 cm³/mol. The van der Waals surface area contributed by atoms with Crippen molar-refractivity contribution in [1.29, 1.82) is 0 Å². The molecule has 1 rings (SSSR count). The molecule has 5 heteroatoms. The van der Waals surface area contributed by atoms with Gasteiger partial charge in [-0.3, -0.25) is 14.9 Å². The largest absolute Gasteiger partial charge is 0.468 e. The average molecular weight is 298 g/mol. The molecule has 1 aliphatic rings. The molecule has 0 aromatic carbocycles. The fourth-order valence-corrected chi connectivity index (χ4v) is 2.80. The van der Waals surface area contributed by atoms with Gasteiger partial charge in [-0.2, -0.15) is 0 Å². The molecule has 0 aromatic heterocycles. The number of hydrogen-bond acceptors (Lipinski definition) is 4. The third kappa shape index (κ3) is 6.46. The first-order chi connectivity index (χ1) is 9.93. The van der Waals surface area contributed by atoms with Gasteiger partial charge in [-0.25, -0.2) is 0 Å². The summed E-state index contributed by atoms with van der Waals surface area (Å²) in [6, 6.07) is -0.533. The average Bonchev–Trinajstić information content (AvgIpc) is 2.46. The molecule has 1 aliphatic carbocycles. The van der Waals surface area contributed by atoms with E-state index in [1.54, 1.807) is 6.92 Å². The van der Waals surface area contributed by atoms with E-state index in [0.717, 1.165) is 12.8 Å². The number of ether oxygens (including phenoxy) is 1. The SMILES string of the molecule is COC(=O)C(CC(C)C)NC(C)C(=O)NC1CCCCC1. The van der Waals surface area contributed by atoms with Crippen LogP contribution in [0.25, 0.3) is 0 Å². The quantitative estimate of drug-likeness (QED) is 0.706. The summed E-state index contributed by atoms with van der Waals surface area (Å²) in [5, 5.41) is 6.18. The molecular weight excluding hydrogens is 268 g/mol. The van der Waals surface area contributed by atoms with E-state index < -0.39 is 12.1 Å². The lowest BCUT2D eigenvalue weighted by Gasteiger charge is -2.26. The van der Waals surface area contributed by atoms with Crippen LogP contribution in [0.5, 0.6) is 0 Å². The summed E-state index contributed by atoms with van der Waals surface area (Å²) in [6.07, 6.45) is 6.41. The Balaban J connectivity index is 2.48. The first-order valence-corrected chi connectivity index (χ1v) is 8.08. The maximum atomic E-state index is 12.2. The zero-order valence-electron chi connectivity index (χ0n) is 13.8. The normalized spacial score (nSPS) is 19.1. The highest BCUT2D eigenvalue weighted by molar-refractivity contribution is 5.83. The minimum absolute atomic E-state index is 0.0282. The van der Waals surface area contributed by atoms with Gasteiger partial charge in [0.2, 0.25) is 5.91 Å². The van der Waals surface area contributed by atoms with E-state index in [1.807, 2.05) is 13.8 Å². The van der Waals surface area contributed by atoms with E-state index in [0.29, 0.717) is 12.3 Å². The highest BCUT2D eigenvalue weighted by atomic mass is 16.5. The number of esters is 1. The van der Waals surface area contributed by atoms with Crippen LogP contribution in [0.2, 0.25) is 0 Å². The molecule has 5 nitrogen and oxygen atoms in total. The topological polar surface area (TPSA) is 67.4 Å². The third-order valence-corrected chi connectivity index (χ3v) is 3.99.